The highest BCUT2D eigenvalue weighted by Crippen LogP contribution is 2.36. The second-order valence-electron chi connectivity index (χ2n) is 9.65. The average Bonchev–Trinajstić information content (AvgIpc) is 3.20. The van der Waals surface area contributed by atoms with Crippen LogP contribution in [0.15, 0.2) is 48.6 Å². The maximum absolute atomic E-state index is 12.9. The van der Waals surface area contributed by atoms with E-state index < -0.39 is 77.3 Å². The number of esters is 1. The van der Waals surface area contributed by atoms with Crippen molar-refractivity contribution in [3.8, 4) is 5.75 Å². The second kappa shape index (κ2) is 17.2. The molecular formula is C26H33F3N2O12. The number of rotatable bonds is 18. The molecule has 0 unspecified atom stereocenters. The lowest BCUT2D eigenvalue weighted by molar-refractivity contribution is -0.768. The lowest BCUT2D eigenvalue weighted by atomic mass is 9.89. The van der Waals surface area contributed by atoms with Crippen LogP contribution in [0.5, 0.6) is 5.75 Å². The van der Waals surface area contributed by atoms with Gasteiger partial charge in [0.1, 0.15) is 37.8 Å². The predicted molar refractivity (Wildman–Crippen MR) is 139 cm³/mol. The molecule has 1 aromatic carbocycles. The summed E-state index contributed by atoms with van der Waals surface area (Å²) in [6.45, 7) is -1.81. The molecule has 1 aliphatic rings. The molecule has 1 aliphatic carbocycles. The molecule has 0 radical (unpaired) electrons. The Morgan fingerprint density at radius 3 is 2.37 bits per heavy atom. The number of alkyl halides is 3. The van der Waals surface area contributed by atoms with Crippen molar-refractivity contribution < 1.29 is 62.6 Å². The van der Waals surface area contributed by atoms with Gasteiger partial charge in [-0.05, 0) is 43.4 Å². The maximum Gasteiger partial charge on any atom is 0.416 e. The molecule has 3 N–H and O–H groups in total. The van der Waals surface area contributed by atoms with Gasteiger partial charge < -0.3 is 34.5 Å². The van der Waals surface area contributed by atoms with E-state index in [9.17, 15) is 53.5 Å². The smallest absolute Gasteiger partial charge is 0.416 e. The van der Waals surface area contributed by atoms with Gasteiger partial charge in [-0.3, -0.25) is 4.79 Å². The second-order valence-corrected chi connectivity index (χ2v) is 9.65. The molecule has 240 valence electrons. The molecule has 17 heteroatoms. The summed E-state index contributed by atoms with van der Waals surface area (Å²) in [7, 11) is 0. The molecule has 0 aliphatic heterocycles. The van der Waals surface area contributed by atoms with Crippen LogP contribution in [0.1, 0.15) is 37.7 Å². The molecule has 2 rings (SSSR count). The Labute approximate surface area is 243 Å². The highest BCUT2D eigenvalue weighted by molar-refractivity contribution is 5.69. The Bertz CT molecular complexity index is 1100. The van der Waals surface area contributed by atoms with Crippen molar-refractivity contribution in [3.63, 3.8) is 0 Å². The van der Waals surface area contributed by atoms with Gasteiger partial charge in [-0.1, -0.05) is 30.4 Å². The van der Waals surface area contributed by atoms with Gasteiger partial charge in [-0.2, -0.15) is 13.2 Å². The van der Waals surface area contributed by atoms with Gasteiger partial charge in [-0.25, -0.2) is 0 Å². The summed E-state index contributed by atoms with van der Waals surface area (Å²) in [5, 5.41) is 49.3. The van der Waals surface area contributed by atoms with E-state index in [1.54, 1.807) is 12.2 Å². The summed E-state index contributed by atoms with van der Waals surface area (Å²) in [5.74, 6) is -1.75. The zero-order valence-corrected chi connectivity index (χ0v) is 22.8. The molecule has 1 fully saturated rings. The average molecular weight is 623 g/mol. The Kier molecular flexibility index (Phi) is 14.1. The fraction of sp³-hybridized carbons (Fsp3) is 0.577. The number of aliphatic hydroxyl groups is 3. The third-order valence-electron chi connectivity index (χ3n) is 6.41. The first-order valence-electron chi connectivity index (χ1n) is 13.2. The Hall–Kier alpha value is -3.96. The quantitative estimate of drug-likeness (QED) is 0.0712. The summed E-state index contributed by atoms with van der Waals surface area (Å²) in [4.78, 5) is 40.8. The van der Waals surface area contributed by atoms with Crippen LogP contribution in [0.2, 0.25) is 0 Å². The van der Waals surface area contributed by atoms with Crippen LogP contribution in [0, 0.1) is 32.1 Å². The van der Waals surface area contributed by atoms with Crippen molar-refractivity contribution in [1.82, 2.24) is 0 Å². The lowest BCUT2D eigenvalue weighted by Gasteiger charge is -2.19. The zero-order chi connectivity index (χ0) is 32.0. The zero-order valence-electron chi connectivity index (χ0n) is 22.8. The number of benzene rings is 1. The van der Waals surface area contributed by atoms with Crippen LogP contribution >= 0.6 is 0 Å². The van der Waals surface area contributed by atoms with Crippen LogP contribution in [0.4, 0.5) is 13.2 Å². The van der Waals surface area contributed by atoms with Crippen molar-refractivity contribution in [2.45, 2.75) is 62.7 Å². The molecule has 0 aromatic heterocycles. The fourth-order valence-electron chi connectivity index (χ4n) is 4.35. The predicted octanol–water partition coefficient (Wildman–Crippen LogP) is 2.80. The van der Waals surface area contributed by atoms with E-state index in [0.717, 1.165) is 12.1 Å². The first-order chi connectivity index (χ1) is 20.3. The minimum atomic E-state index is -4.54. The standard InChI is InChI=1S/C26H33F3N2O12/c27-26(28,29)17-6-5-7-19(12-17)40-14-18(32)10-11-22-21(23(33)13-24(22)34)8-3-1-2-4-9-25(35)43-20(15-41-30(36)37)16-42-31(38)39/h1,3,5-7,10-12,18,20-24,32-34H,2,4,8-9,13-16H2/b3-1-,11-10+/t18-,21-,22-,23+,24-/m1/s1. The van der Waals surface area contributed by atoms with Crippen LogP contribution in [0.25, 0.3) is 0 Å². The van der Waals surface area contributed by atoms with Crippen molar-refractivity contribution in [2.24, 2.45) is 11.8 Å². The van der Waals surface area contributed by atoms with Crippen molar-refractivity contribution in [2.75, 3.05) is 19.8 Å². The largest absolute Gasteiger partial charge is 0.491 e. The molecule has 0 heterocycles. The highest BCUT2D eigenvalue weighted by Gasteiger charge is 2.39. The van der Waals surface area contributed by atoms with Crippen LogP contribution in [0.3, 0.4) is 0 Å². The van der Waals surface area contributed by atoms with E-state index in [1.807, 2.05) is 0 Å². The maximum atomic E-state index is 12.9. The number of ether oxygens (including phenoxy) is 2. The minimum absolute atomic E-state index is 0.0672. The van der Waals surface area contributed by atoms with E-state index in [0.29, 0.717) is 19.3 Å². The minimum Gasteiger partial charge on any atom is -0.491 e. The lowest BCUT2D eigenvalue weighted by Crippen LogP contribution is -2.30. The number of carbonyl (C=O) groups is 1. The van der Waals surface area contributed by atoms with E-state index in [-0.39, 0.29) is 25.2 Å². The normalized spacial score (nSPS) is 21.3. The van der Waals surface area contributed by atoms with Crippen molar-refractivity contribution >= 4 is 5.97 Å². The Morgan fingerprint density at radius 1 is 1.07 bits per heavy atom. The third-order valence-corrected chi connectivity index (χ3v) is 6.41. The van der Waals surface area contributed by atoms with Crippen molar-refractivity contribution in [1.29, 1.82) is 0 Å². The van der Waals surface area contributed by atoms with E-state index >= 15 is 0 Å². The number of hydrogen-bond donors (Lipinski definition) is 3. The summed E-state index contributed by atoms with van der Waals surface area (Å²) >= 11 is 0. The molecule has 0 amide bonds. The Morgan fingerprint density at radius 2 is 1.74 bits per heavy atom. The molecular weight excluding hydrogens is 589 g/mol. The number of allylic oxidation sites excluding steroid dienone is 2. The molecule has 0 saturated heterocycles. The summed E-state index contributed by atoms with van der Waals surface area (Å²) in [6.07, 6.45) is -1.33. The monoisotopic (exact) mass is 622 g/mol. The summed E-state index contributed by atoms with van der Waals surface area (Å²) < 4.78 is 48.7. The molecule has 0 spiro atoms. The van der Waals surface area contributed by atoms with Gasteiger partial charge in [0, 0.05) is 18.8 Å². The van der Waals surface area contributed by atoms with Gasteiger partial charge in [0.05, 0.1) is 17.8 Å². The van der Waals surface area contributed by atoms with E-state index in [4.69, 9.17) is 9.47 Å². The summed E-state index contributed by atoms with van der Waals surface area (Å²) in [6, 6.07) is 4.23. The first-order valence-corrected chi connectivity index (χ1v) is 13.2. The molecule has 5 atom stereocenters. The molecule has 14 nitrogen and oxygen atoms in total. The van der Waals surface area contributed by atoms with Crippen molar-refractivity contribution in [3.05, 3.63) is 74.4 Å². The summed E-state index contributed by atoms with van der Waals surface area (Å²) in [5.41, 5.74) is -0.886. The number of halogens is 3. The van der Waals surface area contributed by atoms with E-state index in [1.165, 1.54) is 24.3 Å². The molecule has 0 bridgehead atoms. The number of carbonyl (C=O) groups excluding carboxylic acids is 1. The number of unbranched alkanes of at least 4 members (excludes halogenated alkanes) is 1. The van der Waals surface area contributed by atoms with Crippen LogP contribution < -0.4 is 4.74 Å². The fourth-order valence-corrected chi connectivity index (χ4v) is 4.35. The third kappa shape index (κ3) is 13.3. The SMILES string of the molecule is O=C(CCC/C=C\C[C@@H]1[C@@H](/C=C/[C@@H](O)COc2cccc(C(F)(F)F)c2)[C@H](O)C[C@@H]1O)OC(CO[N+](=O)[O-])CO[N+](=O)[O-]. The molecule has 1 aromatic rings. The molecule has 43 heavy (non-hydrogen) atoms. The highest BCUT2D eigenvalue weighted by atomic mass is 19.4. The Balaban J connectivity index is 1.79. The number of hydrogen-bond acceptors (Lipinski definition) is 12. The van der Waals surface area contributed by atoms with Gasteiger partial charge in [-0.15, -0.1) is 20.2 Å². The van der Waals surface area contributed by atoms with Crippen LogP contribution in [-0.4, -0.2) is 75.7 Å². The van der Waals surface area contributed by atoms with Gasteiger partial charge in [0.2, 0.25) is 0 Å². The van der Waals surface area contributed by atoms with Gasteiger partial charge >= 0.3 is 12.1 Å². The van der Waals surface area contributed by atoms with E-state index in [2.05, 4.69) is 9.68 Å². The first kappa shape index (κ1) is 35.2. The van der Waals surface area contributed by atoms with Gasteiger partial charge in [0.25, 0.3) is 10.2 Å². The van der Waals surface area contributed by atoms with Gasteiger partial charge in [0.15, 0.2) is 0 Å². The van der Waals surface area contributed by atoms with Crippen LogP contribution in [-0.2, 0) is 25.4 Å². The molecule has 1 saturated carbocycles. The number of aliphatic hydroxyl groups excluding tert-OH is 3. The topological polar surface area (TPSA) is 201 Å². The number of nitrogens with zero attached hydrogens (tertiary/aromatic N) is 2.